The Morgan fingerprint density at radius 2 is 2.05 bits per heavy atom. The van der Waals surface area contributed by atoms with Gasteiger partial charge in [-0.1, -0.05) is 6.07 Å². The third-order valence-corrected chi connectivity index (χ3v) is 5.75. The van der Waals surface area contributed by atoms with Crippen LogP contribution >= 0.6 is 0 Å². The van der Waals surface area contributed by atoms with Crippen molar-refractivity contribution >= 4 is 21.5 Å². The van der Waals surface area contributed by atoms with Crippen molar-refractivity contribution in [2.24, 2.45) is 0 Å². The summed E-state index contributed by atoms with van der Waals surface area (Å²) in [6.45, 7) is 1.83. The van der Waals surface area contributed by atoms with E-state index in [0.717, 1.165) is 24.1 Å². The minimum atomic E-state index is -3.07. The lowest BCUT2D eigenvalue weighted by Crippen LogP contribution is -2.34. The molecular weight excluding hydrogens is 290 g/mol. The number of sulfone groups is 1. The molecular formula is C15H21NO4S. The Morgan fingerprint density at radius 1 is 1.33 bits per heavy atom. The molecule has 0 radical (unpaired) electrons. The van der Waals surface area contributed by atoms with Gasteiger partial charge < -0.3 is 10.1 Å². The number of carbonyl (C=O) groups excluding carboxylic acids is 1. The van der Waals surface area contributed by atoms with Crippen LogP contribution in [0.3, 0.4) is 0 Å². The molecule has 6 heteroatoms. The first-order chi connectivity index (χ1) is 9.84. The highest BCUT2D eigenvalue weighted by atomic mass is 32.2. The molecule has 2 atom stereocenters. The molecule has 0 bridgehead atoms. The highest BCUT2D eigenvalue weighted by Crippen LogP contribution is 2.29. The summed E-state index contributed by atoms with van der Waals surface area (Å²) in [6.07, 6.45) is 3.69. The van der Waals surface area contributed by atoms with Gasteiger partial charge in [0.2, 0.25) is 0 Å². The lowest BCUT2D eigenvalue weighted by Gasteiger charge is -2.22. The standard InChI is InChI=1S/C15H21NO4S/c1-10-11(15(17)20-2)6-4-7-12(10)16-13-8-5-9-14(13)21(3,18)19/h4,6-7,13-14,16H,5,8-9H2,1-3H3. The molecule has 5 nitrogen and oxygen atoms in total. The minimum Gasteiger partial charge on any atom is -0.465 e. The topological polar surface area (TPSA) is 72.5 Å². The number of esters is 1. The summed E-state index contributed by atoms with van der Waals surface area (Å²) in [5.41, 5.74) is 2.07. The number of methoxy groups -OCH3 is 1. The Balaban J connectivity index is 2.26. The van der Waals surface area contributed by atoms with Gasteiger partial charge in [-0.25, -0.2) is 13.2 Å². The Bertz CT molecular complexity index is 639. The number of anilines is 1. The molecule has 1 fully saturated rings. The number of hydrogen-bond acceptors (Lipinski definition) is 5. The molecule has 21 heavy (non-hydrogen) atoms. The molecule has 1 aromatic rings. The Labute approximate surface area is 125 Å². The zero-order valence-electron chi connectivity index (χ0n) is 12.5. The van der Waals surface area contributed by atoms with Gasteiger partial charge in [0.25, 0.3) is 0 Å². The molecule has 0 heterocycles. The quantitative estimate of drug-likeness (QED) is 0.863. The lowest BCUT2D eigenvalue weighted by molar-refractivity contribution is 0.0600. The third kappa shape index (κ3) is 3.37. The van der Waals surface area contributed by atoms with Crippen LogP contribution in [0.5, 0.6) is 0 Å². The molecule has 1 aromatic carbocycles. The maximum Gasteiger partial charge on any atom is 0.338 e. The van der Waals surface area contributed by atoms with Gasteiger partial charge in [0.1, 0.15) is 0 Å². The SMILES string of the molecule is COC(=O)c1cccc(NC2CCCC2S(C)(=O)=O)c1C. The van der Waals surface area contributed by atoms with E-state index in [1.54, 1.807) is 12.1 Å². The predicted octanol–water partition coefficient (Wildman–Crippen LogP) is 2.16. The monoisotopic (exact) mass is 311 g/mol. The molecule has 0 amide bonds. The number of carbonyl (C=O) groups is 1. The summed E-state index contributed by atoms with van der Waals surface area (Å²) < 4.78 is 28.4. The van der Waals surface area contributed by atoms with Crippen LogP contribution in [0.2, 0.25) is 0 Å². The van der Waals surface area contributed by atoms with E-state index in [4.69, 9.17) is 4.74 Å². The average molecular weight is 311 g/mol. The normalized spacial score (nSPS) is 22.0. The molecule has 1 aliphatic carbocycles. The molecule has 0 aliphatic heterocycles. The molecule has 1 saturated carbocycles. The summed E-state index contributed by atoms with van der Waals surface area (Å²) in [7, 11) is -1.72. The first-order valence-electron chi connectivity index (χ1n) is 6.98. The highest BCUT2D eigenvalue weighted by Gasteiger charge is 2.35. The van der Waals surface area contributed by atoms with Crippen molar-refractivity contribution in [1.29, 1.82) is 0 Å². The van der Waals surface area contributed by atoms with Gasteiger partial charge in [-0.3, -0.25) is 0 Å². The van der Waals surface area contributed by atoms with Crippen LogP contribution in [0.15, 0.2) is 18.2 Å². The summed E-state index contributed by atoms with van der Waals surface area (Å²) in [5, 5.41) is 2.94. The molecule has 0 aromatic heterocycles. The smallest absolute Gasteiger partial charge is 0.338 e. The molecule has 116 valence electrons. The van der Waals surface area contributed by atoms with Gasteiger partial charge in [-0.15, -0.1) is 0 Å². The second-order valence-electron chi connectivity index (χ2n) is 5.52. The van der Waals surface area contributed by atoms with Crippen LogP contribution in [0.4, 0.5) is 5.69 Å². The maximum atomic E-state index is 11.8. The molecule has 0 saturated heterocycles. The highest BCUT2D eigenvalue weighted by molar-refractivity contribution is 7.91. The number of hydrogen-bond donors (Lipinski definition) is 1. The minimum absolute atomic E-state index is 0.105. The van der Waals surface area contributed by atoms with Crippen molar-refractivity contribution in [1.82, 2.24) is 0 Å². The lowest BCUT2D eigenvalue weighted by atomic mass is 10.1. The first-order valence-corrected chi connectivity index (χ1v) is 8.93. The molecule has 2 unspecified atom stereocenters. The van der Waals surface area contributed by atoms with Crippen LogP contribution in [-0.4, -0.2) is 39.0 Å². The summed E-state index contributed by atoms with van der Waals surface area (Å²) in [6, 6.07) is 5.23. The summed E-state index contributed by atoms with van der Waals surface area (Å²) in [4.78, 5) is 11.7. The number of benzene rings is 1. The molecule has 2 rings (SSSR count). The van der Waals surface area contributed by atoms with E-state index in [-0.39, 0.29) is 17.3 Å². The van der Waals surface area contributed by atoms with Crippen LogP contribution in [0.25, 0.3) is 0 Å². The summed E-state index contributed by atoms with van der Waals surface area (Å²) in [5.74, 6) is -0.387. The van der Waals surface area contributed by atoms with E-state index >= 15 is 0 Å². The van der Waals surface area contributed by atoms with Gasteiger partial charge in [0.05, 0.1) is 17.9 Å². The van der Waals surface area contributed by atoms with Crippen molar-refractivity contribution < 1.29 is 17.9 Å². The van der Waals surface area contributed by atoms with Gasteiger partial charge in [0.15, 0.2) is 9.84 Å². The van der Waals surface area contributed by atoms with Gasteiger partial charge in [-0.05, 0) is 43.9 Å². The van der Waals surface area contributed by atoms with Crippen molar-refractivity contribution in [3.05, 3.63) is 29.3 Å². The zero-order valence-corrected chi connectivity index (χ0v) is 13.4. The van der Waals surface area contributed by atoms with E-state index < -0.39 is 9.84 Å². The van der Waals surface area contributed by atoms with Crippen molar-refractivity contribution in [3.8, 4) is 0 Å². The number of ether oxygens (including phenoxy) is 1. The second kappa shape index (κ2) is 6.05. The average Bonchev–Trinajstić information content (AvgIpc) is 2.88. The van der Waals surface area contributed by atoms with E-state index in [1.165, 1.54) is 13.4 Å². The first kappa shape index (κ1) is 15.8. The number of nitrogens with one attached hydrogen (secondary N) is 1. The molecule has 0 spiro atoms. The number of rotatable bonds is 4. The van der Waals surface area contributed by atoms with Crippen molar-refractivity contribution in [2.75, 3.05) is 18.7 Å². The van der Waals surface area contributed by atoms with Crippen LogP contribution in [0, 0.1) is 6.92 Å². The fraction of sp³-hybridized carbons (Fsp3) is 0.533. The molecule has 1 N–H and O–H groups in total. The van der Waals surface area contributed by atoms with Crippen molar-refractivity contribution in [3.63, 3.8) is 0 Å². The van der Waals surface area contributed by atoms with E-state index in [9.17, 15) is 13.2 Å². The van der Waals surface area contributed by atoms with Crippen LogP contribution in [-0.2, 0) is 14.6 Å². The van der Waals surface area contributed by atoms with Gasteiger partial charge >= 0.3 is 5.97 Å². The third-order valence-electron chi connectivity index (χ3n) is 4.08. The fourth-order valence-corrected chi connectivity index (χ4v) is 4.32. The Kier molecular flexibility index (Phi) is 4.56. The largest absolute Gasteiger partial charge is 0.465 e. The van der Waals surface area contributed by atoms with Crippen molar-refractivity contribution in [2.45, 2.75) is 37.5 Å². The molecule has 1 aliphatic rings. The van der Waals surface area contributed by atoms with Crippen LogP contribution in [0.1, 0.15) is 35.2 Å². The van der Waals surface area contributed by atoms with Crippen LogP contribution < -0.4 is 5.32 Å². The van der Waals surface area contributed by atoms with E-state index in [1.807, 2.05) is 13.0 Å². The summed E-state index contributed by atoms with van der Waals surface area (Å²) >= 11 is 0. The predicted molar refractivity (Wildman–Crippen MR) is 82.4 cm³/mol. The van der Waals surface area contributed by atoms with Gasteiger partial charge in [-0.2, -0.15) is 0 Å². The Morgan fingerprint density at radius 3 is 2.67 bits per heavy atom. The fourth-order valence-electron chi connectivity index (χ4n) is 2.93. The van der Waals surface area contributed by atoms with E-state index in [0.29, 0.717) is 12.0 Å². The Hall–Kier alpha value is -1.56. The second-order valence-corrected chi connectivity index (χ2v) is 7.78. The maximum absolute atomic E-state index is 11.8. The van der Waals surface area contributed by atoms with Gasteiger partial charge in [0, 0.05) is 18.0 Å². The zero-order chi connectivity index (χ0) is 15.6. The van der Waals surface area contributed by atoms with E-state index in [2.05, 4.69) is 5.32 Å².